The molecular weight excluding hydrogens is 390 g/mol. The average Bonchev–Trinajstić information content (AvgIpc) is 2.70. The van der Waals surface area contributed by atoms with Gasteiger partial charge in [-0.15, -0.1) is 0 Å². The summed E-state index contributed by atoms with van der Waals surface area (Å²) < 4.78 is 31.5. The molecule has 1 atom stereocenters. The first-order valence-corrected chi connectivity index (χ1v) is 13.1. The predicted molar refractivity (Wildman–Crippen MR) is 119 cm³/mol. The van der Waals surface area contributed by atoms with Crippen molar-refractivity contribution in [2.75, 3.05) is 7.11 Å². The van der Waals surface area contributed by atoms with Crippen molar-refractivity contribution in [3.05, 3.63) is 0 Å². The van der Waals surface area contributed by atoms with Crippen LogP contribution in [0.5, 0.6) is 0 Å². The zero-order valence-corrected chi connectivity index (χ0v) is 19.9. The SMILES string of the molecule is CCCCCCCCCCCCCCCCCC(=O)NC(CC)OS(=O)(=O)OC. The van der Waals surface area contributed by atoms with Crippen LogP contribution in [0.1, 0.15) is 123 Å². The fraction of sp³-hybridized carbons (Fsp3) is 0.955. The third-order valence-electron chi connectivity index (χ3n) is 5.14. The zero-order valence-electron chi connectivity index (χ0n) is 19.0. The van der Waals surface area contributed by atoms with E-state index in [1.54, 1.807) is 6.92 Å². The second-order valence-corrected chi connectivity index (χ2v) is 9.18. The van der Waals surface area contributed by atoms with E-state index in [9.17, 15) is 13.2 Å². The Morgan fingerprint density at radius 3 is 1.55 bits per heavy atom. The normalized spacial score (nSPS) is 12.8. The Bertz CT molecular complexity index is 482. The first-order valence-electron chi connectivity index (χ1n) is 11.7. The molecule has 0 aliphatic carbocycles. The van der Waals surface area contributed by atoms with E-state index < -0.39 is 16.6 Å². The van der Waals surface area contributed by atoms with Gasteiger partial charge in [-0.25, -0.2) is 4.18 Å². The van der Waals surface area contributed by atoms with Crippen LogP contribution in [0.4, 0.5) is 0 Å². The zero-order chi connectivity index (χ0) is 21.8. The summed E-state index contributed by atoms with van der Waals surface area (Å²) in [6.07, 6.45) is 19.1. The topological polar surface area (TPSA) is 81.7 Å². The molecule has 0 aromatic carbocycles. The Morgan fingerprint density at radius 2 is 1.17 bits per heavy atom. The summed E-state index contributed by atoms with van der Waals surface area (Å²) in [7, 11) is -3.01. The fourth-order valence-corrected chi connectivity index (χ4v) is 3.83. The second-order valence-electron chi connectivity index (χ2n) is 7.84. The highest BCUT2D eigenvalue weighted by Crippen LogP contribution is 2.13. The van der Waals surface area contributed by atoms with Crippen molar-refractivity contribution in [3.8, 4) is 0 Å². The van der Waals surface area contributed by atoms with Crippen LogP contribution in [0.3, 0.4) is 0 Å². The first kappa shape index (κ1) is 28.3. The van der Waals surface area contributed by atoms with Crippen LogP contribution in [0, 0.1) is 0 Å². The number of rotatable bonds is 21. The third kappa shape index (κ3) is 19.1. The molecule has 29 heavy (non-hydrogen) atoms. The Morgan fingerprint density at radius 1 is 0.759 bits per heavy atom. The van der Waals surface area contributed by atoms with Crippen molar-refractivity contribution < 1.29 is 21.6 Å². The molecule has 0 radical (unpaired) electrons. The van der Waals surface area contributed by atoms with E-state index in [-0.39, 0.29) is 5.91 Å². The molecule has 0 aromatic rings. The average molecular weight is 436 g/mol. The molecule has 0 saturated carbocycles. The highest BCUT2D eigenvalue weighted by Gasteiger charge is 2.19. The van der Waals surface area contributed by atoms with Crippen molar-refractivity contribution in [3.63, 3.8) is 0 Å². The van der Waals surface area contributed by atoms with Gasteiger partial charge in [0.1, 0.15) is 0 Å². The van der Waals surface area contributed by atoms with Gasteiger partial charge < -0.3 is 5.32 Å². The van der Waals surface area contributed by atoms with Crippen LogP contribution in [0.2, 0.25) is 0 Å². The van der Waals surface area contributed by atoms with Crippen molar-refractivity contribution in [2.24, 2.45) is 0 Å². The number of hydrogen-bond donors (Lipinski definition) is 1. The van der Waals surface area contributed by atoms with E-state index in [0.29, 0.717) is 12.8 Å². The maximum Gasteiger partial charge on any atom is 0.401 e. The van der Waals surface area contributed by atoms with Gasteiger partial charge in [-0.3, -0.25) is 8.98 Å². The van der Waals surface area contributed by atoms with Crippen LogP contribution >= 0.6 is 0 Å². The standard InChI is InChI=1S/C22H45NO5S/c1-4-6-7-8-9-10-11-12-13-14-15-16-17-18-19-20-21(24)23-22(5-2)28-29(25,26)27-3/h22H,4-20H2,1-3H3,(H,23,24). The summed E-state index contributed by atoms with van der Waals surface area (Å²) in [6.45, 7) is 4.00. The van der Waals surface area contributed by atoms with E-state index >= 15 is 0 Å². The number of carbonyl (C=O) groups is 1. The molecule has 0 aromatic heterocycles. The van der Waals surface area contributed by atoms with Gasteiger partial charge in [0.05, 0.1) is 7.11 Å². The van der Waals surface area contributed by atoms with Gasteiger partial charge in [0.15, 0.2) is 6.23 Å². The maximum absolute atomic E-state index is 11.9. The summed E-state index contributed by atoms with van der Waals surface area (Å²) in [5.41, 5.74) is 0. The van der Waals surface area contributed by atoms with Gasteiger partial charge in [0, 0.05) is 6.42 Å². The molecule has 6 nitrogen and oxygen atoms in total. The van der Waals surface area contributed by atoms with Crippen LogP contribution < -0.4 is 5.32 Å². The third-order valence-corrected chi connectivity index (χ3v) is 6.01. The minimum atomic E-state index is -4.04. The Labute approximate surface area is 179 Å². The number of hydrogen-bond acceptors (Lipinski definition) is 5. The number of unbranched alkanes of at least 4 members (excludes halogenated alkanes) is 14. The van der Waals surface area contributed by atoms with E-state index in [2.05, 4.69) is 16.4 Å². The molecule has 0 saturated heterocycles. The van der Waals surface area contributed by atoms with Crippen LogP contribution in [0.25, 0.3) is 0 Å². The summed E-state index contributed by atoms with van der Waals surface area (Å²) >= 11 is 0. The number of nitrogens with one attached hydrogen (secondary N) is 1. The first-order chi connectivity index (χ1) is 13.9. The molecule has 174 valence electrons. The molecule has 0 heterocycles. The Kier molecular flexibility index (Phi) is 18.9. The Hall–Kier alpha value is -0.660. The van der Waals surface area contributed by atoms with Gasteiger partial charge in [-0.05, 0) is 12.8 Å². The minimum absolute atomic E-state index is 0.183. The van der Waals surface area contributed by atoms with E-state index in [1.807, 2.05) is 0 Å². The van der Waals surface area contributed by atoms with Gasteiger partial charge >= 0.3 is 10.4 Å². The molecule has 0 rings (SSSR count). The van der Waals surface area contributed by atoms with Crippen LogP contribution in [0.15, 0.2) is 0 Å². The smallest absolute Gasteiger partial charge is 0.329 e. The molecule has 1 amide bonds. The molecular formula is C22H45NO5S. The van der Waals surface area contributed by atoms with Gasteiger partial charge in [-0.1, -0.05) is 104 Å². The molecule has 0 aliphatic heterocycles. The molecule has 1 unspecified atom stereocenters. The predicted octanol–water partition coefficient (Wildman–Crippen LogP) is 6.01. The maximum atomic E-state index is 11.9. The molecule has 0 aliphatic rings. The van der Waals surface area contributed by atoms with Gasteiger partial charge in [0.2, 0.25) is 5.91 Å². The largest absolute Gasteiger partial charge is 0.401 e. The summed E-state index contributed by atoms with van der Waals surface area (Å²) in [4.78, 5) is 11.9. The lowest BCUT2D eigenvalue weighted by Crippen LogP contribution is -2.38. The number of carbonyl (C=O) groups excluding carboxylic acids is 1. The van der Waals surface area contributed by atoms with Crippen molar-refractivity contribution in [1.29, 1.82) is 0 Å². The molecule has 0 bridgehead atoms. The lowest BCUT2D eigenvalue weighted by atomic mass is 10.0. The quantitative estimate of drug-likeness (QED) is 0.176. The molecule has 0 spiro atoms. The van der Waals surface area contributed by atoms with Crippen molar-refractivity contribution in [1.82, 2.24) is 5.32 Å². The van der Waals surface area contributed by atoms with Crippen molar-refractivity contribution >= 4 is 16.3 Å². The van der Waals surface area contributed by atoms with E-state index in [1.165, 1.54) is 77.0 Å². The molecule has 0 fully saturated rings. The van der Waals surface area contributed by atoms with E-state index in [4.69, 9.17) is 4.18 Å². The van der Waals surface area contributed by atoms with Crippen LogP contribution in [-0.2, 0) is 23.6 Å². The van der Waals surface area contributed by atoms with Gasteiger partial charge in [-0.2, -0.15) is 8.42 Å². The van der Waals surface area contributed by atoms with Gasteiger partial charge in [0.25, 0.3) is 0 Å². The highest BCUT2D eigenvalue weighted by molar-refractivity contribution is 7.81. The van der Waals surface area contributed by atoms with Crippen molar-refractivity contribution in [2.45, 2.75) is 129 Å². The monoisotopic (exact) mass is 435 g/mol. The summed E-state index contributed by atoms with van der Waals surface area (Å²) in [5, 5.41) is 2.59. The van der Waals surface area contributed by atoms with E-state index in [0.717, 1.165) is 26.4 Å². The lowest BCUT2D eigenvalue weighted by Gasteiger charge is -2.16. The summed E-state index contributed by atoms with van der Waals surface area (Å²) in [6, 6.07) is 0. The number of amides is 1. The molecule has 1 N–H and O–H groups in total. The highest BCUT2D eigenvalue weighted by atomic mass is 32.3. The fourth-order valence-electron chi connectivity index (χ4n) is 3.28. The molecule has 7 heteroatoms. The van der Waals surface area contributed by atoms with Crippen LogP contribution in [-0.4, -0.2) is 27.7 Å². The second kappa shape index (κ2) is 19.3. The Balaban J connectivity index is 3.46. The lowest BCUT2D eigenvalue weighted by molar-refractivity contribution is -0.123. The summed E-state index contributed by atoms with van der Waals surface area (Å²) in [5.74, 6) is -0.183. The minimum Gasteiger partial charge on any atom is -0.329 e.